The van der Waals surface area contributed by atoms with E-state index in [1.807, 2.05) is 38.1 Å². The molecule has 1 aliphatic heterocycles. The summed E-state index contributed by atoms with van der Waals surface area (Å²) in [7, 11) is 1.58. The lowest BCUT2D eigenvalue weighted by Gasteiger charge is -2.24. The Hall–Kier alpha value is -3.66. The van der Waals surface area contributed by atoms with Crippen LogP contribution in [-0.2, 0) is 0 Å². The second-order valence-electron chi connectivity index (χ2n) is 7.75. The summed E-state index contributed by atoms with van der Waals surface area (Å²) >= 11 is 4.51. The van der Waals surface area contributed by atoms with E-state index in [2.05, 4.69) is 28.1 Å². The predicted octanol–water partition coefficient (Wildman–Crippen LogP) is 4.36. The largest absolute Gasteiger partial charge is 0.507 e. The number of benzene rings is 2. The molecule has 2 aromatic carbocycles. The smallest absolute Gasteiger partial charge is 0.325 e. The van der Waals surface area contributed by atoms with Crippen molar-refractivity contribution in [1.82, 2.24) is 24.6 Å². The van der Waals surface area contributed by atoms with Gasteiger partial charge in [0.25, 0.3) is 5.79 Å². The van der Waals surface area contributed by atoms with Crippen LogP contribution in [0.4, 0.5) is 4.79 Å². The van der Waals surface area contributed by atoms with Gasteiger partial charge >= 0.3 is 6.03 Å². The molecule has 1 amide bonds. The van der Waals surface area contributed by atoms with Gasteiger partial charge in [0, 0.05) is 37.5 Å². The van der Waals surface area contributed by atoms with Crippen LogP contribution in [0.3, 0.4) is 0 Å². The van der Waals surface area contributed by atoms with Crippen LogP contribution >= 0.6 is 12.6 Å². The minimum absolute atomic E-state index is 0.0163. The molecule has 9 nitrogen and oxygen atoms in total. The van der Waals surface area contributed by atoms with Crippen molar-refractivity contribution in [2.75, 3.05) is 7.05 Å². The first-order valence-corrected chi connectivity index (χ1v) is 11.1. The summed E-state index contributed by atoms with van der Waals surface area (Å²) in [5.74, 6) is 0.643. The highest BCUT2D eigenvalue weighted by molar-refractivity contribution is 7.80. The van der Waals surface area contributed by atoms with Crippen molar-refractivity contribution in [2.45, 2.75) is 37.6 Å². The molecule has 2 N–H and O–H groups in total. The zero-order valence-electron chi connectivity index (χ0n) is 18.4. The molecule has 170 valence electrons. The minimum atomic E-state index is -0.746. The van der Waals surface area contributed by atoms with Crippen LogP contribution in [-0.4, -0.2) is 43.3 Å². The fourth-order valence-electron chi connectivity index (χ4n) is 4.16. The average Bonchev–Trinajstić information content (AvgIpc) is 3.52. The molecule has 0 spiro atoms. The maximum Gasteiger partial charge on any atom is 0.325 e. The topological polar surface area (TPSA) is 103 Å². The molecule has 5 rings (SSSR count). The third-order valence-electron chi connectivity index (χ3n) is 6.00. The highest BCUT2D eigenvalue weighted by Crippen LogP contribution is 2.48. The van der Waals surface area contributed by atoms with Crippen molar-refractivity contribution in [3.05, 3.63) is 42.6 Å². The Balaban J connectivity index is 1.66. The van der Waals surface area contributed by atoms with Gasteiger partial charge in [-0.05, 0) is 24.3 Å². The highest BCUT2D eigenvalue weighted by atomic mass is 32.1. The van der Waals surface area contributed by atoms with Gasteiger partial charge in [-0.2, -0.15) is 0 Å². The van der Waals surface area contributed by atoms with Gasteiger partial charge in [-0.1, -0.05) is 19.9 Å². The number of nitrogens with zero attached hydrogens (tertiary/aromatic N) is 4. The molecule has 0 saturated carbocycles. The number of carbonyl (C=O) groups is 1. The third kappa shape index (κ3) is 3.20. The van der Waals surface area contributed by atoms with Crippen molar-refractivity contribution in [1.29, 1.82) is 0 Å². The molecule has 0 aliphatic carbocycles. The summed E-state index contributed by atoms with van der Waals surface area (Å²) in [4.78, 5) is 12.2. The number of fused-ring (bicyclic) bond motifs is 2. The highest BCUT2D eigenvalue weighted by Gasteiger charge is 2.39. The van der Waals surface area contributed by atoms with E-state index in [0.29, 0.717) is 52.1 Å². The second-order valence-corrected chi connectivity index (χ2v) is 8.15. The number of phenolic OH excluding ortho intramolecular Hbond substituents is 1. The second kappa shape index (κ2) is 7.73. The molecule has 0 saturated heterocycles. The van der Waals surface area contributed by atoms with Gasteiger partial charge < -0.3 is 19.9 Å². The number of aromatic hydroxyl groups is 1. The Morgan fingerprint density at radius 2 is 1.88 bits per heavy atom. The summed E-state index contributed by atoms with van der Waals surface area (Å²) in [6.45, 7) is 3.98. The molecule has 4 aromatic rings. The maximum absolute atomic E-state index is 12.2. The molecule has 2 aromatic heterocycles. The Labute approximate surface area is 195 Å². The molecule has 0 fully saturated rings. The molecular weight excluding hydrogens is 442 g/mol. The fraction of sp³-hybridized carbons (Fsp3) is 0.261. The van der Waals surface area contributed by atoms with Gasteiger partial charge in [0.15, 0.2) is 22.5 Å². The lowest BCUT2D eigenvalue weighted by atomic mass is 10.1. The maximum atomic E-state index is 12.2. The van der Waals surface area contributed by atoms with Crippen LogP contribution in [0, 0.1) is 0 Å². The van der Waals surface area contributed by atoms with E-state index in [1.165, 1.54) is 10.6 Å². The number of aromatic nitrogens is 4. The average molecular weight is 466 g/mol. The standard InChI is InChI=1S/C23H23N5O4S/c1-4-23(5-2)31-18-11-14(17(29)12-19(18)32-23)20-25-26-22(33)28(20)16-8-6-7-15-13(16)9-10-27(15)21(30)24-3/h6-12,29H,4-5H2,1-3H3,(H,24,30)(H,26,33). The third-order valence-corrected chi connectivity index (χ3v) is 6.29. The Morgan fingerprint density at radius 3 is 2.58 bits per heavy atom. The van der Waals surface area contributed by atoms with Crippen molar-refractivity contribution in [2.24, 2.45) is 0 Å². The number of carbonyl (C=O) groups excluding carboxylic acids is 1. The molecule has 3 heterocycles. The Bertz CT molecular complexity index is 1390. The molecule has 10 heteroatoms. The number of rotatable bonds is 4. The van der Waals surface area contributed by atoms with Crippen LogP contribution in [0.25, 0.3) is 28.0 Å². The summed E-state index contributed by atoms with van der Waals surface area (Å²) in [6.07, 6.45) is 3.02. The molecular formula is C23H23N5O4S. The van der Waals surface area contributed by atoms with Crippen LogP contribution in [0.1, 0.15) is 26.7 Å². The molecule has 1 aliphatic rings. The van der Waals surface area contributed by atoms with E-state index in [4.69, 9.17) is 9.47 Å². The van der Waals surface area contributed by atoms with E-state index >= 15 is 0 Å². The monoisotopic (exact) mass is 465 g/mol. The number of nitrogens with one attached hydrogen (secondary N) is 1. The SMILES string of the molecule is CCC1(CC)Oc2cc(O)c(-c3nnc(S)n3-c3cccc4c3ccn4C(=O)NC)cc2O1. The first kappa shape index (κ1) is 21.2. The van der Waals surface area contributed by atoms with Crippen molar-refractivity contribution in [3.63, 3.8) is 0 Å². The molecule has 0 bridgehead atoms. The Morgan fingerprint density at radius 1 is 1.15 bits per heavy atom. The predicted molar refractivity (Wildman–Crippen MR) is 126 cm³/mol. The quantitative estimate of drug-likeness (QED) is 0.387. The summed E-state index contributed by atoms with van der Waals surface area (Å²) in [6, 6.07) is 10.4. The zero-order chi connectivity index (χ0) is 23.3. The number of phenols is 1. The number of ether oxygens (including phenoxy) is 2. The van der Waals surface area contributed by atoms with E-state index < -0.39 is 5.79 Å². The van der Waals surface area contributed by atoms with Gasteiger partial charge in [0.05, 0.1) is 16.8 Å². The summed E-state index contributed by atoms with van der Waals surface area (Å²) in [5, 5.41) is 23.0. The number of thiol groups is 1. The van der Waals surface area contributed by atoms with Crippen molar-refractivity contribution < 1.29 is 19.4 Å². The Kier molecular flexibility index (Phi) is 4.97. The first-order chi connectivity index (χ1) is 15.9. The van der Waals surface area contributed by atoms with E-state index in [9.17, 15) is 9.90 Å². The molecule has 0 atom stereocenters. The first-order valence-electron chi connectivity index (χ1n) is 10.6. The van der Waals surface area contributed by atoms with Crippen LogP contribution < -0.4 is 14.8 Å². The molecule has 33 heavy (non-hydrogen) atoms. The van der Waals surface area contributed by atoms with E-state index in [1.54, 1.807) is 23.9 Å². The molecule has 0 unspecified atom stereocenters. The van der Waals surface area contributed by atoms with Gasteiger partial charge in [-0.3, -0.25) is 9.13 Å². The zero-order valence-corrected chi connectivity index (χ0v) is 19.3. The van der Waals surface area contributed by atoms with Crippen molar-refractivity contribution >= 4 is 29.6 Å². The number of hydrogen-bond acceptors (Lipinski definition) is 7. The van der Waals surface area contributed by atoms with Crippen LogP contribution in [0.15, 0.2) is 47.8 Å². The minimum Gasteiger partial charge on any atom is -0.507 e. The van der Waals surface area contributed by atoms with Crippen molar-refractivity contribution in [3.8, 4) is 34.3 Å². The van der Waals surface area contributed by atoms with E-state index in [-0.39, 0.29) is 11.8 Å². The van der Waals surface area contributed by atoms with Crippen LogP contribution in [0.2, 0.25) is 0 Å². The lowest BCUT2D eigenvalue weighted by molar-refractivity contribution is -0.0843. The van der Waals surface area contributed by atoms with Gasteiger partial charge in [-0.25, -0.2) is 4.79 Å². The van der Waals surface area contributed by atoms with Crippen LogP contribution in [0.5, 0.6) is 17.2 Å². The van der Waals surface area contributed by atoms with Gasteiger partial charge in [0.2, 0.25) is 0 Å². The lowest BCUT2D eigenvalue weighted by Crippen LogP contribution is -2.36. The van der Waals surface area contributed by atoms with Gasteiger partial charge in [0.1, 0.15) is 5.75 Å². The van der Waals surface area contributed by atoms with Gasteiger partial charge in [-0.15, -0.1) is 22.8 Å². The summed E-state index contributed by atoms with van der Waals surface area (Å²) < 4.78 is 15.4. The fourth-order valence-corrected chi connectivity index (χ4v) is 4.41. The number of amides is 1. The molecule has 0 radical (unpaired) electrons. The summed E-state index contributed by atoms with van der Waals surface area (Å²) in [5.41, 5.74) is 1.86. The van der Waals surface area contributed by atoms with E-state index in [0.717, 1.165) is 5.39 Å². The normalized spacial score (nSPS) is 14.1. The number of hydrogen-bond donors (Lipinski definition) is 3.